The minimum Gasteiger partial charge on any atom is -0.377 e. The van der Waals surface area contributed by atoms with Crippen LogP contribution in [0.4, 0.5) is 0 Å². The zero-order valence-corrected chi connectivity index (χ0v) is 14.6. The van der Waals surface area contributed by atoms with Crippen LogP contribution in [0, 0.1) is 0 Å². The summed E-state index contributed by atoms with van der Waals surface area (Å²) in [4.78, 5) is 21.6. The number of amides is 1. The highest BCUT2D eigenvalue weighted by Crippen LogP contribution is 2.18. The highest BCUT2D eigenvalue weighted by Gasteiger charge is 2.25. The number of hydrogen-bond donors (Lipinski definition) is 0. The Morgan fingerprint density at radius 2 is 2.00 bits per heavy atom. The van der Waals surface area contributed by atoms with Gasteiger partial charge in [0.15, 0.2) is 0 Å². The monoisotopic (exact) mass is 339 g/mol. The molecule has 1 unspecified atom stereocenters. The van der Waals surface area contributed by atoms with Gasteiger partial charge in [-0.2, -0.15) is 0 Å². The summed E-state index contributed by atoms with van der Waals surface area (Å²) in [6.07, 6.45) is 4.97. The molecule has 0 spiro atoms. The van der Waals surface area contributed by atoms with E-state index in [4.69, 9.17) is 4.74 Å². The third-order valence-electron chi connectivity index (χ3n) is 5.27. The summed E-state index contributed by atoms with van der Waals surface area (Å²) >= 11 is 0. The van der Waals surface area contributed by atoms with Crippen molar-refractivity contribution in [3.63, 3.8) is 0 Å². The molecular formula is C20H25N3O2. The molecule has 2 aromatic rings. The Kier molecular flexibility index (Phi) is 4.95. The molecule has 0 aliphatic carbocycles. The van der Waals surface area contributed by atoms with Gasteiger partial charge in [0.25, 0.3) is 0 Å². The molecule has 2 fully saturated rings. The van der Waals surface area contributed by atoms with Crippen LogP contribution in [0.3, 0.4) is 0 Å². The van der Waals surface area contributed by atoms with Crippen molar-refractivity contribution in [1.29, 1.82) is 0 Å². The fourth-order valence-corrected chi connectivity index (χ4v) is 3.84. The molecule has 25 heavy (non-hydrogen) atoms. The van der Waals surface area contributed by atoms with Crippen molar-refractivity contribution in [3.8, 4) is 0 Å². The van der Waals surface area contributed by atoms with Gasteiger partial charge >= 0.3 is 0 Å². The summed E-state index contributed by atoms with van der Waals surface area (Å²) in [5, 5.41) is 1.09. The fourth-order valence-electron chi connectivity index (χ4n) is 3.84. The number of hydrogen-bond acceptors (Lipinski definition) is 4. The summed E-state index contributed by atoms with van der Waals surface area (Å²) in [6, 6.07) is 10.0. The van der Waals surface area contributed by atoms with E-state index in [0.717, 1.165) is 55.8 Å². The lowest BCUT2D eigenvalue weighted by Crippen LogP contribution is -2.50. The Morgan fingerprint density at radius 3 is 2.80 bits per heavy atom. The van der Waals surface area contributed by atoms with E-state index in [0.29, 0.717) is 12.5 Å². The Balaban J connectivity index is 1.34. The number of rotatable bonds is 4. The Labute approximate surface area is 148 Å². The van der Waals surface area contributed by atoms with Gasteiger partial charge in [0, 0.05) is 50.9 Å². The maximum atomic E-state index is 12.7. The number of fused-ring (bicyclic) bond motifs is 1. The Hall–Kier alpha value is -1.98. The second kappa shape index (κ2) is 7.50. The van der Waals surface area contributed by atoms with Crippen molar-refractivity contribution in [3.05, 3.63) is 42.1 Å². The minimum absolute atomic E-state index is 0.204. The predicted octanol–water partition coefficient (Wildman–Crippen LogP) is 2.10. The van der Waals surface area contributed by atoms with E-state index in [1.807, 2.05) is 35.2 Å². The average molecular weight is 339 g/mol. The molecule has 1 amide bonds. The maximum absolute atomic E-state index is 12.7. The molecule has 4 rings (SSSR count). The van der Waals surface area contributed by atoms with Crippen molar-refractivity contribution in [2.75, 3.05) is 39.3 Å². The van der Waals surface area contributed by atoms with Gasteiger partial charge in [0.05, 0.1) is 18.0 Å². The van der Waals surface area contributed by atoms with Crippen LogP contribution in [0.25, 0.3) is 10.9 Å². The smallest absolute Gasteiger partial charge is 0.227 e. The summed E-state index contributed by atoms with van der Waals surface area (Å²) in [5.41, 5.74) is 1.96. The van der Waals surface area contributed by atoms with E-state index in [9.17, 15) is 4.79 Å². The average Bonchev–Trinajstić information content (AvgIpc) is 3.16. The Bertz CT molecular complexity index is 729. The van der Waals surface area contributed by atoms with Crippen LogP contribution < -0.4 is 0 Å². The van der Waals surface area contributed by atoms with Gasteiger partial charge in [-0.25, -0.2) is 0 Å². The third-order valence-corrected chi connectivity index (χ3v) is 5.27. The van der Waals surface area contributed by atoms with Crippen LogP contribution in [-0.2, 0) is 16.0 Å². The van der Waals surface area contributed by atoms with Gasteiger partial charge < -0.3 is 9.64 Å². The molecule has 1 atom stereocenters. The molecule has 2 saturated heterocycles. The Morgan fingerprint density at radius 1 is 1.16 bits per heavy atom. The van der Waals surface area contributed by atoms with E-state index in [-0.39, 0.29) is 5.91 Å². The molecule has 1 aromatic heterocycles. The molecule has 0 bridgehead atoms. The standard InChI is InChI=1S/C20H25N3O2/c24-19(14-17-5-1-4-16-6-2-8-21-20(16)17)23-11-9-22(10-12-23)15-18-7-3-13-25-18/h1-2,4-6,8,18H,3,7,9-15H2. The fraction of sp³-hybridized carbons (Fsp3) is 0.500. The minimum atomic E-state index is 0.204. The van der Waals surface area contributed by atoms with E-state index in [1.54, 1.807) is 6.20 Å². The number of nitrogens with zero attached hydrogens (tertiary/aromatic N) is 3. The second-order valence-electron chi connectivity index (χ2n) is 6.99. The molecule has 132 valence electrons. The van der Waals surface area contributed by atoms with Gasteiger partial charge in [0.2, 0.25) is 5.91 Å². The van der Waals surface area contributed by atoms with Crippen LogP contribution in [0.2, 0.25) is 0 Å². The predicted molar refractivity (Wildman–Crippen MR) is 97.4 cm³/mol. The SMILES string of the molecule is O=C(Cc1cccc2cccnc12)N1CCN(CC2CCCO2)CC1. The zero-order valence-electron chi connectivity index (χ0n) is 14.6. The summed E-state index contributed by atoms with van der Waals surface area (Å²) in [7, 11) is 0. The largest absolute Gasteiger partial charge is 0.377 e. The molecule has 2 aliphatic rings. The van der Waals surface area contributed by atoms with Crippen LogP contribution in [0.1, 0.15) is 18.4 Å². The van der Waals surface area contributed by atoms with Crippen molar-refractivity contribution in [1.82, 2.24) is 14.8 Å². The topological polar surface area (TPSA) is 45.7 Å². The number of aromatic nitrogens is 1. The van der Waals surface area contributed by atoms with E-state index in [2.05, 4.69) is 9.88 Å². The normalized spacial score (nSPS) is 21.8. The first-order valence-electron chi connectivity index (χ1n) is 9.24. The lowest BCUT2D eigenvalue weighted by Gasteiger charge is -2.35. The van der Waals surface area contributed by atoms with Crippen LogP contribution >= 0.6 is 0 Å². The molecule has 1 aromatic carbocycles. The van der Waals surface area contributed by atoms with Crippen molar-refractivity contribution in [2.45, 2.75) is 25.4 Å². The van der Waals surface area contributed by atoms with Crippen molar-refractivity contribution >= 4 is 16.8 Å². The summed E-state index contributed by atoms with van der Waals surface area (Å²) in [6.45, 7) is 5.42. The lowest BCUT2D eigenvalue weighted by molar-refractivity contribution is -0.132. The zero-order chi connectivity index (χ0) is 17.1. The number of carbonyl (C=O) groups is 1. The van der Waals surface area contributed by atoms with Crippen LogP contribution in [0.15, 0.2) is 36.5 Å². The summed E-state index contributed by atoms with van der Waals surface area (Å²) in [5.74, 6) is 0.204. The third kappa shape index (κ3) is 3.83. The number of carbonyl (C=O) groups excluding carboxylic acids is 1. The lowest BCUT2D eigenvalue weighted by atomic mass is 10.1. The van der Waals surface area contributed by atoms with E-state index < -0.39 is 0 Å². The quantitative estimate of drug-likeness (QED) is 0.856. The molecular weight excluding hydrogens is 314 g/mol. The van der Waals surface area contributed by atoms with E-state index in [1.165, 1.54) is 12.8 Å². The molecule has 0 radical (unpaired) electrons. The first-order valence-corrected chi connectivity index (χ1v) is 9.24. The molecule has 2 aliphatic heterocycles. The summed E-state index contributed by atoms with van der Waals surface area (Å²) < 4.78 is 5.72. The van der Waals surface area contributed by atoms with Crippen molar-refractivity contribution < 1.29 is 9.53 Å². The van der Waals surface area contributed by atoms with Crippen LogP contribution in [-0.4, -0.2) is 66.1 Å². The highest BCUT2D eigenvalue weighted by molar-refractivity contribution is 5.87. The number of para-hydroxylation sites is 1. The van der Waals surface area contributed by atoms with Gasteiger partial charge in [-0.05, 0) is 24.5 Å². The van der Waals surface area contributed by atoms with Crippen LogP contribution in [0.5, 0.6) is 0 Å². The van der Waals surface area contributed by atoms with Gasteiger partial charge in [-0.1, -0.05) is 24.3 Å². The molecule has 5 nitrogen and oxygen atoms in total. The van der Waals surface area contributed by atoms with Gasteiger partial charge in [0.1, 0.15) is 0 Å². The molecule has 0 N–H and O–H groups in total. The number of pyridine rings is 1. The number of ether oxygens (including phenoxy) is 1. The van der Waals surface area contributed by atoms with Gasteiger partial charge in [-0.3, -0.25) is 14.7 Å². The van der Waals surface area contributed by atoms with Gasteiger partial charge in [-0.15, -0.1) is 0 Å². The number of benzene rings is 1. The van der Waals surface area contributed by atoms with Crippen molar-refractivity contribution in [2.24, 2.45) is 0 Å². The first kappa shape index (κ1) is 16.5. The number of piperazine rings is 1. The molecule has 0 saturated carbocycles. The second-order valence-corrected chi connectivity index (χ2v) is 6.99. The van der Waals surface area contributed by atoms with E-state index >= 15 is 0 Å². The maximum Gasteiger partial charge on any atom is 0.227 e. The highest BCUT2D eigenvalue weighted by atomic mass is 16.5. The molecule has 5 heteroatoms. The first-order chi connectivity index (χ1) is 12.3. The molecule has 3 heterocycles.